The van der Waals surface area contributed by atoms with Gasteiger partial charge in [0.1, 0.15) is 0 Å². The molecule has 1 heterocycles. The summed E-state index contributed by atoms with van der Waals surface area (Å²) in [5.41, 5.74) is 3.09. The van der Waals surface area contributed by atoms with E-state index in [9.17, 15) is 4.79 Å². The van der Waals surface area contributed by atoms with Crippen molar-refractivity contribution in [3.05, 3.63) is 48.1 Å². The fourth-order valence-corrected chi connectivity index (χ4v) is 2.23. The smallest absolute Gasteiger partial charge is 0.248 e. The molecule has 0 atom stereocenters. The second-order valence-corrected chi connectivity index (χ2v) is 4.97. The van der Waals surface area contributed by atoms with E-state index in [1.54, 1.807) is 6.08 Å². The Balaban J connectivity index is 2.03. The molecular formula is C17H22N2O2. The van der Waals surface area contributed by atoms with Crippen LogP contribution in [0.25, 0.3) is 0 Å². The highest BCUT2D eigenvalue weighted by Gasteiger charge is 2.12. The summed E-state index contributed by atoms with van der Waals surface area (Å²) in [4.78, 5) is 14.1. The molecule has 4 nitrogen and oxygen atoms in total. The Morgan fingerprint density at radius 2 is 2.05 bits per heavy atom. The fourth-order valence-electron chi connectivity index (χ4n) is 2.23. The number of anilines is 2. The molecule has 0 aromatic heterocycles. The van der Waals surface area contributed by atoms with Crippen molar-refractivity contribution in [2.24, 2.45) is 0 Å². The molecule has 0 spiro atoms. The highest BCUT2D eigenvalue weighted by Crippen LogP contribution is 2.23. The van der Waals surface area contributed by atoms with Crippen LogP contribution in [0.4, 0.5) is 11.4 Å². The number of hydrogen-bond donors (Lipinski definition) is 1. The number of allylic oxidation sites excluding steroid dienone is 3. The molecule has 1 aromatic carbocycles. The first-order valence-corrected chi connectivity index (χ1v) is 7.24. The average molecular weight is 286 g/mol. The maximum absolute atomic E-state index is 11.8. The van der Waals surface area contributed by atoms with Crippen molar-refractivity contribution < 1.29 is 9.53 Å². The van der Waals surface area contributed by atoms with Crippen LogP contribution in [0.1, 0.15) is 12.5 Å². The third-order valence-corrected chi connectivity index (χ3v) is 3.40. The van der Waals surface area contributed by atoms with Gasteiger partial charge in [-0.15, -0.1) is 0 Å². The van der Waals surface area contributed by atoms with Crippen LogP contribution in [0.3, 0.4) is 0 Å². The summed E-state index contributed by atoms with van der Waals surface area (Å²) in [7, 11) is 0. The number of ether oxygens (including phenoxy) is 1. The summed E-state index contributed by atoms with van der Waals surface area (Å²) in [6.07, 6.45) is 6.96. The normalized spacial score (nSPS) is 15.8. The number of nitrogens with zero attached hydrogens (tertiary/aromatic N) is 1. The first-order valence-electron chi connectivity index (χ1n) is 7.24. The summed E-state index contributed by atoms with van der Waals surface area (Å²) in [6.45, 7) is 7.29. The first-order chi connectivity index (χ1) is 10.2. The lowest BCUT2D eigenvalue weighted by molar-refractivity contribution is -0.111. The van der Waals surface area contributed by atoms with Gasteiger partial charge in [-0.2, -0.15) is 0 Å². The molecular weight excluding hydrogens is 264 g/mol. The first kappa shape index (κ1) is 15.3. The van der Waals surface area contributed by atoms with Crippen LogP contribution in [0, 0.1) is 6.92 Å². The molecule has 1 aliphatic rings. The van der Waals surface area contributed by atoms with Gasteiger partial charge in [0.25, 0.3) is 0 Å². The molecule has 0 saturated carbocycles. The summed E-state index contributed by atoms with van der Waals surface area (Å²) < 4.78 is 5.36. The Morgan fingerprint density at radius 1 is 1.29 bits per heavy atom. The molecule has 1 N–H and O–H groups in total. The molecule has 0 radical (unpaired) electrons. The molecule has 1 amide bonds. The zero-order valence-corrected chi connectivity index (χ0v) is 12.6. The van der Waals surface area contributed by atoms with E-state index in [1.807, 2.05) is 38.1 Å². The highest BCUT2D eigenvalue weighted by molar-refractivity contribution is 6.00. The van der Waals surface area contributed by atoms with Crippen LogP contribution in [0.15, 0.2) is 42.5 Å². The van der Waals surface area contributed by atoms with Crippen molar-refractivity contribution in [3.8, 4) is 0 Å². The van der Waals surface area contributed by atoms with E-state index in [0.717, 1.165) is 37.6 Å². The van der Waals surface area contributed by atoms with Gasteiger partial charge in [0.15, 0.2) is 0 Å². The lowest BCUT2D eigenvalue weighted by Crippen LogP contribution is -2.36. The van der Waals surface area contributed by atoms with E-state index >= 15 is 0 Å². The zero-order valence-electron chi connectivity index (χ0n) is 12.6. The van der Waals surface area contributed by atoms with Gasteiger partial charge in [0.05, 0.1) is 13.2 Å². The molecule has 0 unspecified atom stereocenters. The third kappa shape index (κ3) is 4.46. The monoisotopic (exact) mass is 286 g/mol. The minimum Gasteiger partial charge on any atom is -0.378 e. The van der Waals surface area contributed by atoms with Crippen LogP contribution in [-0.4, -0.2) is 32.2 Å². The van der Waals surface area contributed by atoms with Crippen LogP contribution in [0.2, 0.25) is 0 Å². The van der Waals surface area contributed by atoms with Crippen molar-refractivity contribution >= 4 is 17.3 Å². The standard InChI is InChI=1S/C17H22N2O2/c1-3-4-5-6-17(20)18-16-8-7-15(13-14(16)2)19-9-11-21-12-10-19/h3-8,13H,9-12H2,1-2H3,(H,18,20). The van der Waals surface area contributed by atoms with Crippen molar-refractivity contribution in [2.45, 2.75) is 13.8 Å². The molecule has 21 heavy (non-hydrogen) atoms. The van der Waals surface area contributed by atoms with E-state index in [0.29, 0.717) is 0 Å². The van der Waals surface area contributed by atoms with Gasteiger partial charge in [-0.25, -0.2) is 0 Å². The van der Waals surface area contributed by atoms with Gasteiger partial charge in [-0.05, 0) is 37.6 Å². The number of benzene rings is 1. The lowest BCUT2D eigenvalue weighted by atomic mass is 10.1. The molecule has 2 rings (SSSR count). The molecule has 1 fully saturated rings. The fraction of sp³-hybridized carbons (Fsp3) is 0.353. The number of rotatable bonds is 4. The predicted molar refractivity (Wildman–Crippen MR) is 86.8 cm³/mol. The van der Waals surface area contributed by atoms with E-state index in [-0.39, 0.29) is 5.91 Å². The number of aryl methyl sites for hydroxylation is 1. The number of amides is 1. The van der Waals surface area contributed by atoms with Crippen LogP contribution >= 0.6 is 0 Å². The molecule has 112 valence electrons. The second-order valence-electron chi connectivity index (χ2n) is 4.97. The van der Waals surface area contributed by atoms with Crippen molar-refractivity contribution in [2.75, 3.05) is 36.5 Å². The number of carbonyl (C=O) groups is 1. The maximum Gasteiger partial charge on any atom is 0.248 e. The summed E-state index contributed by atoms with van der Waals surface area (Å²) in [6, 6.07) is 6.11. The summed E-state index contributed by atoms with van der Waals surface area (Å²) >= 11 is 0. The summed E-state index contributed by atoms with van der Waals surface area (Å²) in [5, 5.41) is 2.90. The van der Waals surface area contributed by atoms with E-state index in [2.05, 4.69) is 16.3 Å². The van der Waals surface area contributed by atoms with Gasteiger partial charge in [0, 0.05) is 30.5 Å². The maximum atomic E-state index is 11.8. The van der Waals surface area contributed by atoms with Gasteiger partial charge in [-0.3, -0.25) is 4.79 Å². The van der Waals surface area contributed by atoms with Gasteiger partial charge in [-0.1, -0.05) is 18.2 Å². The van der Waals surface area contributed by atoms with E-state index in [1.165, 1.54) is 11.8 Å². The van der Waals surface area contributed by atoms with Crippen LogP contribution in [0.5, 0.6) is 0 Å². The van der Waals surface area contributed by atoms with Crippen molar-refractivity contribution in [1.29, 1.82) is 0 Å². The predicted octanol–water partition coefficient (Wildman–Crippen LogP) is 2.90. The van der Waals surface area contributed by atoms with Crippen molar-refractivity contribution in [3.63, 3.8) is 0 Å². The third-order valence-electron chi connectivity index (χ3n) is 3.40. The molecule has 1 saturated heterocycles. The van der Waals surface area contributed by atoms with Gasteiger partial charge in [0.2, 0.25) is 5.91 Å². The summed E-state index contributed by atoms with van der Waals surface area (Å²) in [5.74, 6) is -0.115. The molecule has 0 bridgehead atoms. The second kappa shape index (κ2) is 7.64. The molecule has 4 heteroatoms. The van der Waals surface area contributed by atoms with Gasteiger partial charge < -0.3 is 15.0 Å². The lowest BCUT2D eigenvalue weighted by Gasteiger charge is -2.29. The largest absolute Gasteiger partial charge is 0.378 e. The Labute approximate surface area is 126 Å². The number of morpholine rings is 1. The SMILES string of the molecule is CC=CC=CC(=O)Nc1ccc(N2CCOCC2)cc1C. The number of hydrogen-bond acceptors (Lipinski definition) is 3. The Kier molecular flexibility index (Phi) is 5.58. The minimum absolute atomic E-state index is 0.115. The molecule has 1 aliphatic heterocycles. The Morgan fingerprint density at radius 3 is 2.71 bits per heavy atom. The van der Waals surface area contributed by atoms with E-state index in [4.69, 9.17) is 4.74 Å². The molecule has 1 aromatic rings. The number of carbonyl (C=O) groups excluding carboxylic acids is 1. The minimum atomic E-state index is -0.115. The highest BCUT2D eigenvalue weighted by atomic mass is 16.5. The van der Waals surface area contributed by atoms with Crippen LogP contribution in [-0.2, 0) is 9.53 Å². The topological polar surface area (TPSA) is 41.6 Å². The Hall–Kier alpha value is -2.07. The average Bonchev–Trinajstić information content (AvgIpc) is 2.50. The quantitative estimate of drug-likeness (QED) is 0.683. The van der Waals surface area contributed by atoms with Crippen molar-refractivity contribution in [1.82, 2.24) is 0 Å². The zero-order chi connectivity index (χ0) is 15.1. The molecule has 0 aliphatic carbocycles. The van der Waals surface area contributed by atoms with E-state index < -0.39 is 0 Å². The Bertz CT molecular complexity index is 544. The van der Waals surface area contributed by atoms with Gasteiger partial charge >= 0.3 is 0 Å². The van der Waals surface area contributed by atoms with Crippen LogP contribution < -0.4 is 10.2 Å². The number of nitrogens with one attached hydrogen (secondary N) is 1.